The van der Waals surface area contributed by atoms with E-state index in [1.165, 1.54) is 0 Å². The van der Waals surface area contributed by atoms with Gasteiger partial charge in [-0.1, -0.05) is 32.0 Å². The van der Waals surface area contributed by atoms with Gasteiger partial charge in [0.15, 0.2) is 0 Å². The number of hydrogen-bond acceptors (Lipinski definition) is 5. The molecule has 0 bridgehead atoms. The van der Waals surface area contributed by atoms with Crippen LogP contribution in [0.5, 0.6) is 0 Å². The first-order valence-corrected chi connectivity index (χ1v) is 11.2. The van der Waals surface area contributed by atoms with Gasteiger partial charge < -0.3 is 20.3 Å². The van der Waals surface area contributed by atoms with E-state index >= 15 is 0 Å². The van der Waals surface area contributed by atoms with E-state index in [0.717, 1.165) is 5.56 Å². The molecule has 8 heteroatoms. The third-order valence-electron chi connectivity index (χ3n) is 5.49. The summed E-state index contributed by atoms with van der Waals surface area (Å²) in [6.07, 6.45) is 0.516. The van der Waals surface area contributed by atoms with Gasteiger partial charge in [-0.25, -0.2) is 0 Å². The second-order valence-corrected chi connectivity index (χ2v) is 10.5. The Labute approximate surface area is 182 Å². The summed E-state index contributed by atoms with van der Waals surface area (Å²) >= 11 is 1.61. The maximum atomic E-state index is 13.4. The first-order valence-electron chi connectivity index (χ1n) is 10.3. The molecule has 164 valence electrons. The number of carbonyl (C=O) groups is 3. The van der Waals surface area contributed by atoms with Crippen molar-refractivity contribution in [2.75, 3.05) is 20.3 Å². The second-order valence-electron chi connectivity index (χ2n) is 8.75. The number of rotatable bonds is 8. The smallest absolute Gasteiger partial charge is 0.256 e. The van der Waals surface area contributed by atoms with Crippen molar-refractivity contribution in [2.45, 2.75) is 56.3 Å². The van der Waals surface area contributed by atoms with Crippen LogP contribution in [0.25, 0.3) is 0 Å². The highest BCUT2D eigenvalue weighted by Gasteiger charge is 2.57. The molecule has 0 aromatic heterocycles. The fourth-order valence-electron chi connectivity index (χ4n) is 4.16. The Morgan fingerprint density at radius 1 is 1.27 bits per heavy atom. The lowest BCUT2D eigenvalue weighted by Crippen LogP contribution is -2.57. The summed E-state index contributed by atoms with van der Waals surface area (Å²) in [7, 11) is 1.57. The molecule has 2 aliphatic heterocycles. The molecule has 2 N–H and O–H groups in total. The summed E-state index contributed by atoms with van der Waals surface area (Å²) in [5, 5.41) is 5.56. The number of hydrogen-bond donors (Lipinski definition) is 2. The van der Waals surface area contributed by atoms with Gasteiger partial charge in [0.25, 0.3) is 5.91 Å². The van der Waals surface area contributed by atoms with E-state index in [4.69, 9.17) is 4.74 Å². The van der Waals surface area contributed by atoms with Crippen molar-refractivity contribution in [1.82, 2.24) is 15.5 Å². The fourth-order valence-corrected chi connectivity index (χ4v) is 5.75. The van der Waals surface area contributed by atoms with Crippen molar-refractivity contribution >= 4 is 29.5 Å². The third kappa shape index (κ3) is 4.34. The van der Waals surface area contributed by atoms with E-state index < -0.39 is 16.8 Å². The van der Waals surface area contributed by atoms with Gasteiger partial charge in [-0.2, -0.15) is 0 Å². The van der Waals surface area contributed by atoms with Crippen LogP contribution in [0, 0.1) is 5.92 Å². The SMILES string of the molecule is COCCNC(=O)[C@H](CC(C)C)NC(=O)[C@H]1N2C(=O)c3ccccc3[C@@H]2SC1(C)C. The molecule has 3 atom stereocenters. The first-order chi connectivity index (χ1) is 14.2. The zero-order valence-corrected chi connectivity index (χ0v) is 19.0. The molecule has 1 aromatic carbocycles. The van der Waals surface area contributed by atoms with Crippen molar-refractivity contribution in [3.05, 3.63) is 35.4 Å². The minimum atomic E-state index is -0.658. The van der Waals surface area contributed by atoms with Crippen molar-refractivity contribution in [2.24, 2.45) is 5.92 Å². The van der Waals surface area contributed by atoms with Gasteiger partial charge >= 0.3 is 0 Å². The molecule has 0 radical (unpaired) electrons. The molecular weight excluding hydrogens is 402 g/mol. The number of methoxy groups -OCH3 is 1. The molecule has 3 amide bonds. The average molecular weight is 434 g/mol. The topological polar surface area (TPSA) is 87.7 Å². The molecule has 1 fully saturated rings. The lowest BCUT2D eigenvalue weighted by Gasteiger charge is -2.31. The number of benzene rings is 1. The number of thioether (sulfide) groups is 1. The highest BCUT2D eigenvalue weighted by atomic mass is 32.2. The second kappa shape index (κ2) is 8.98. The Morgan fingerprint density at radius 2 is 1.97 bits per heavy atom. The number of fused-ring (bicyclic) bond motifs is 3. The number of carbonyl (C=O) groups excluding carboxylic acids is 3. The van der Waals surface area contributed by atoms with Gasteiger partial charge in [0.05, 0.1) is 6.61 Å². The van der Waals surface area contributed by atoms with Crippen LogP contribution in [-0.4, -0.2) is 59.7 Å². The van der Waals surface area contributed by atoms with Crippen LogP contribution < -0.4 is 10.6 Å². The van der Waals surface area contributed by atoms with Crippen molar-refractivity contribution in [1.29, 1.82) is 0 Å². The predicted molar refractivity (Wildman–Crippen MR) is 117 cm³/mol. The predicted octanol–water partition coefficient (Wildman–Crippen LogP) is 2.33. The van der Waals surface area contributed by atoms with E-state index in [1.54, 1.807) is 23.8 Å². The van der Waals surface area contributed by atoms with Crippen molar-refractivity contribution in [3.8, 4) is 0 Å². The number of nitrogens with zero attached hydrogens (tertiary/aromatic N) is 1. The largest absolute Gasteiger partial charge is 0.383 e. The molecule has 2 aliphatic rings. The molecule has 0 saturated carbocycles. The molecule has 3 rings (SSSR count). The van der Waals surface area contributed by atoms with Crippen LogP contribution in [0.15, 0.2) is 24.3 Å². The van der Waals surface area contributed by atoms with Crippen LogP contribution in [0.4, 0.5) is 0 Å². The standard InChI is InChI=1S/C22H31N3O4S/c1-13(2)12-16(18(26)23-10-11-29-5)24-19(27)17-22(3,4)30-21-15-9-7-6-8-14(15)20(28)25(17)21/h6-9,13,16-17,21H,10-12H2,1-5H3,(H,23,26)(H,24,27)/t16-,17+,21-/m0/s1. The van der Waals surface area contributed by atoms with Crippen molar-refractivity contribution < 1.29 is 19.1 Å². The Morgan fingerprint density at radius 3 is 2.63 bits per heavy atom. The van der Waals surface area contributed by atoms with E-state index in [2.05, 4.69) is 10.6 Å². The number of nitrogens with one attached hydrogen (secondary N) is 2. The normalized spacial score (nSPS) is 22.6. The zero-order valence-electron chi connectivity index (χ0n) is 18.2. The molecule has 7 nitrogen and oxygen atoms in total. The molecular formula is C22H31N3O4S. The van der Waals surface area contributed by atoms with Gasteiger partial charge in [0, 0.05) is 24.0 Å². The average Bonchev–Trinajstić information content (AvgIpc) is 3.10. The minimum Gasteiger partial charge on any atom is -0.383 e. The molecule has 2 heterocycles. The lowest BCUT2D eigenvalue weighted by atomic mass is 9.98. The Hall–Kier alpha value is -2.06. The lowest BCUT2D eigenvalue weighted by molar-refractivity contribution is -0.132. The van der Waals surface area contributed by atoms with E-state index in [0.29, 0.717) is 25.1 Å². The van der Waals surface area contributed by atoms with Crippen LogP contribution in [0.2, 0.25) is 0 Å². The zero-order chi connectivity index (χ0) is 22.1. The first kappa shape index (κ1) is 22.6. The maximum absolute atomic E-state index is 13.4. The van der Waals surface area contributed by atoms with E-state index in [-0.39, 0.29) is 29.0 Å². The van der Waals surface area contributed by atoms with Crippen LogP contribution in [-0.2, 0) is 14.3 Å². The molecule has 0 aliphatic carbocycles. The van der Waals surface area contributed by atoms with Gasteiger partial charge in [0.1, 0.15) is 17.5 Å². The van der Waals surface area contributed by atoms with E-state index in [1.807, 2.05) is 52.0 Å². The Kier molecular flexibility index (Phi) is 6.77. The molecule has 0 spiro atoms. The molecule has 1 aromatic rings. The van der Waals surface area contributed by atoms with Crippen molar-refractivity contribution in [3.63, 3.8) is 0 Å². The quantitative estimate of drug-likeness (QED) is 0.615. The van der Waals surface area contributed by atoms with Gasteiger partial charge in [-0.05, 0) is 37.8 Å². The molecule has 1 saturated heterocycles. The number of ether oxygens (including phenoxy) is 1. The van der Waals surface area contributed by atoms with Crippen LogP contribution in [0.1, 0.15) is 55.4 Å². The summed E-state index contributed by atoms with van der Waals surface area (Å²) in [6.45, 7) is 8.76. The van der Waals surface area contributed by atoms with Crippen LogP contribution >= 0.6 is 11.8 Å². The van der Waals surface area contributed by atoms with E-state index in [9.17, 15) is 14.4 Å². The highest BCUT2D eigenvalue weighted by Crippen LogP contribution is 2.56. The summed E-state index contributed by atoms with van der Waals surface area (Å²) in [5.74, 6) is -0.424. The monoisotopic (exact) mass is 433 g/mol. The summed E-state index contributed by atoms with van der Waals surface area (Å²) < 4.78 is 4.50. The van der Waals surface area contributed by atoms with Crippen LogP contribution in [0.3, 0.4) is 0 Å². The fraction of sp³-hybridized carbons (Fsp3) is 0.591. The van der Waals surface area contributed by atoms with Gasteiger partial charge in [0.2, 0.25) is 11.8 Å². The Balaban J connectivity index is 1.80. The minimum absolute atomic E-state index is 0.126. The van der Waals surface area contributed by atoms with Gasteiger partial charge in [-0.15, -0.1) is 11.8 Å². The summed E-state index contributed by atoms with van der Waals surface area (Å²) in [5.41, 5.74) is 1.60. The molecule has 30 heavy (non-hydrogen) atoms. The molecule has 0 unspecified atom stereocenters. The Bertz CT molecular complexity index is 826. The highest BCUT2D eigenvalue weighted by molar-refractivity contribution is 8.01. The summed E-state index contributed by atoms with van der Waals surface area (Å²) in [4.78, 5) is 40.8. The maximum Gasteiger partial charge on any atom is 0.256 e. The number of amides is 3. The third-order valence-corrected chi connectivity index (χ3v) is 7.03. The summed E-state index contributed by atoms with van der Waals surface area (Å²) in [6, 6.07) is 6.20. The van der Waals surface area contributed by atoms with Gasteiger partial charge in [-0.3, -0.25) is 14.4 Å².